The Kier molecular flexibility index (Phi) is 5.41. The summed E-state index contributed by atoms with van der Waals surface area (Å²) in [4.78, 5) is 39.1. The lowest BCUT2D eigenvalue weighted by molar-refractivity contribution is 0.0971. The molecule has 2 aromatic heterocycles. The van der Waals surface area contributed by atoms with Gasteiger partial charge in [0, 0.05) is 29.0 Å². The minimum Gasteiger partial charge on any atom is -0.351 e. The molecule has 0 radical (unpaired) electrons. The van der Waals surface area contributed by atoms with Gasteiger partial charge in [-0.05, 0) is 43.7 Å². The fourth-order valence-electron chi connectivity index (χ4n) is 3.84. The summed E-state index contributed by atoms with van der Waals surface area (Å²) < 4.78 is 4.58. The Labute approximate surface area is 183 Å². The minimum atomic E-state index is -0.746. The number of ketones is 1. The van der Waals surface area contributed by atoms with Gasteiger partial charge in [-0.2, -0.15) is 0 Å². The lowest BCUT2D eigenvalue weighted by Gasteiger charge is -2.15. The molecular formula is C24H22ClN3O3. The Balaban J connectivity index is 1.87. The Morgan fingerprint density at radius 3 is 2.23 bits per heavy atom. The number of aryl methyl sites for hydroxylation is 1. The van der Waals surface area contributed by atoms with E-state index >= 15 is 0 Å². The molecule has 0 atom stereocenters. The van der Waals surface area contributed by atoms with Gasteiger partial charge in [0.25, 0.3) is 0 Å². The summed E-state index contributed by atoms with van der Waals surface area (Å²) in [6.45, 7) is 3.78. The van der Waals surface area contributed by atoms with E-state index in [1.807, 2.05) is 55.8 Å². The highest BCUT2D eigenvalue weighted by Crippen LogP contribution is 2.20. The zero-order valence-corrected chi connectivity index (χ0v) is 18.3. The van der Waals surface area contributed by atoms with Crippen LogP contribution in [0.25, 0.3) is 11.0 Å². The second-order valence-corrected chi connectivity index (χ2v) is 8.10. The summed E-state index contributed by atoms with van der Waals surface area (Å²) in [7, 11) is 1.88. The molecule has 0 fully saturated rings. The number of rotatable bonds is 5. The first kappa shape index (κ1) is 20.9. The molecule has 0 unspecified atom stereocenters. The maximum Gasteiger partial charge on any atom is 0.317 e. The topological polar surface area (TPSA) is 66.0 Å². The summed E-state index contributed by atoms with van der Waals surface area (Å²) >= 11 is 6.21. The summed E-state index contributed by atoms with van der Waals surface area (Å²) in [5, 5.41) is 0.421. The first-order chi connectivity index (χ1) is 14.8. The molecule has 0 saturated heterocycles. The van der Waals surface area contributed by atoms with E-state index in [2.05, 4.69) is 0 Å². The average molecular weight is 436 g/mol. The molecule has 4 rings (SSSR count). The fraction of sp³-hybridized carbons (Fsp3) is 0.208. The van der Waals surface area contributed by atoms with E-state index in [1.165, 1.54) is 9.13 Å². The van der Waals surface area contributed by atoms with Crippen LogP contribution >= 0.6 is 11.6 Å². The van der Waals surface area contributed by atoms with Gasteiger partial charge in [0.1, 0.15) is 0 Å². The van der Waals surface area contributed by atoms with Gasteiger partial charge in [-0.3, -0.25) is 23.5 Å². The first-order valence-electron chi connectivity index (χ1n) is 9.91. The highest BCUT2D eigenvalue weighted by Gasteiger charge is 2.19. The predicted molar refractivity (Wildman–Crippen MR) is 122 cm³/mol. The van der Waals surface area contributed by atoms with Gasteiger partial charge in [0.2, 0.25) is 0 Å². The zero-order valence-electron chi connectivity index (χ0n) is 17.6. The van der Waals surface area contributed by atoms with Crippen molar-refractivity contribution in [2.75, 3.05) is 0 Å². The second-order valence-electron chi connectivity index (χ2n) is 7.67. The van der Waals surface area contributed by atoms with E-state index in [0.29, 0.717) is 21.6 Å². The van der Waals surface area contributed by atoms with Crippen LogP contribution in [0.3, 0.4) is 0 Å². The van der Waals surface area contributed by atoms with Crippen LogP contribution in [0, 0.1) is 13.8 Å². The molecule has 2 heterocycles. The number of carbonyl (C=O) groups is 1. The molecule has 0 amide bonds. The van der Waals surface area contributed by atoms with Gasteiger partial charge in [0.15, 0.2) is 5.78 Å². The van der Waals surface area contributed by atoms with Gasteiger partial charge >= 0.3 is 11.1 Å². The molecule has 7 heteroatoms. The molecule has 158 valence electrons. The molecule has 0 aliphatic carbocycles. The third-order valence-electron chi connectivity index (χ3n) is 5.75. The number of carbonyl (C=O) groups excluding carboxylic acids is 1. The van der Waals surface area contributed by atoms with Gasteiger partial charge in [-0.15, -0.1) is 0 Å². The van der Waals surface area contributed by atoms with Crippen molar-refractivity contribution in [2.24, 2.45) is 7.05 Å². The normalized spacial score (nSPS) is 11.2. The number of hydrogen-bond donors (Lipinski definition) is 0. The maximum atomic E-state index is 13.1. The van der Waals surface area contributed by atoms with Crippen LogP contribution in [0.5, 0.6) is 0 Å². The van der Waals surface area contributed by atoms with Gasteiger partial charge in [-0.25, -0.2) is 0 Å². The van der Waals surface area contributed by atoms with Crippen LogP contribution in [0.15, 0.2) is 64.2 Å². The standard InChI is InChI=1S/C24H22ClN3O3/c1-15-11-19(16(2)26(15)3)22(29)14-28-21-12-18(25)9-10-20(21)27(23(30)24(28)31)13-17-7-5-4-6-8-17/h4-12H,13-14H2,1-3H3. The van der Waals surface area contributed by atoms with Crippen molar-refractivity contribution in [3.63, 3.8) is 0 Å². The Hall–Kier alpha value is -3.38. The van der Waals surface area contributed by atoms with Crippen molar-refractivity contribution in [2.45, 2.75) is 26.9 Å². The molecule has 0 aliphatic rings. The maximum absolute atomic E-state index is 13.1. The van der Waals surface area contributed by atoms with Crippen molar-refractivity contribution >= 4 is 28.4 Å². The quantitative estimate of drug-likeness (QED) is 0.354. The predicted octanol–water partition coefficient (Wildman–Crippen LogP) is 3.70. The Morgan fingerprint density at radius 1 is 0.903 bits per heavy atom. The van der Waals surface area contributed by atoms with E-state index in [-0.39, 0.29) is 18.9 Å². The number of hydrogen-bond acceptors (Lipinski definition) is 3. The van der Waals surface area contributed by atoms with Gasteiger partial charge in [-0.1, -0.05) is 41.9 Å². The summed E-state index contributed by atoms with van der Waals surface area (Å²) in [5.41, 5.74) is 2.77. The minimum absolute atomic E-state index is 0.232. The van der Waals surface area contributed by atoms with Gasteiger partial charge in [0.05, 0.1) is 24.1 Å². The van der Waals surface area contributed by atoms with Crippen LogP contribution < -0.4 is 11.1 Å². The van der Waals surface area contributed by atoms with E-state index < -0.39 is 11.1 Å². The molecule has 0 spiro atoms. The number of benzene rings is 2. The highest BCUT2D eigenvalue weighted by atomic mass is 35.5. The number of Topliss-reactive ketones (excluding diaryl/α,β-unsaturated/α-hetero) is 1. The van der Waals surface area contributed by atoms with E-state index in [0.717, 1.165) is 17.0 Å². The van der Waals surface area contributed by atoms with Crippen molar-refractivity contribution in [1.29, 1.82) is 0 Å². The lowest BCUT2D eigenvalue weighted by atomic mass is 10.1. The molecule has 0 N–H and O–H groups in total. The molecule has 0 bridgehead atoms. The zero-order chi connectivity index (χ0) is 22.3. The summed E-state index contributed by atoms with van der Waals surface area (Å²) in [5.74, 6) is -0.232. The van der Waals surface area contributed by atoms with E-state index in [1.54, 1.807) is 24.3 Å². The van der Waals surface area contributed by atoms with Crippen LogP contribution in [-0.2, 0) is 20.1 Å². The molecular weight excluding hydrogens is 414 g/mol. The third-order valence-corrected chi connectivity index (χ3v) is 5.99. The van der Waals surface area contributed by atoms with Gasteiger partial charge < -0.3 is 4.57 Å². The van der Waals surface area contributed by atoms with Crippen molar-refractivity contribution in [3.8, 4) is 0 Å². The first-order valence-corrected chi connectivity index (χ1v) is 10.3. The molecule has 0 saturated carbocycles. The van der Waals surface area contributed by atoms with Crippen molar-refractivity contribution in [1.82, 2.24) is 13.7 Å². The number of halogens is 1. The highest BCUT2D eigenvalue weighted by molar-refractivity contribution is 6.31. The largest absolute Gasteiger partial charge is 0.351 e. The van der Waals surface area contributed by atoms with E-state index in [4.69, 9.17) is 11.6 Å². The van der Waals surface area contributed by atoms with Crippen molar-refractivity contribution in [3.05, 3.63) is 103 Å². The second kappa shape index (κ2) is 8.04. The Bertz CT molecular complexity index is 1430. The van der Waals surface area contributed by atoms with Crippen molar-refractivity contribution < 1.29 is 4.79 Å². The average Bonchev–Trinajstić information content (AvgIpc) is 3.02. The van der Waals surface area contributed by atoms with Crippen LogP contribution in [0.2, 0.25) is 5.02 Å². The third kappa shape index (κ3) is 3.75. The molecule has 2 aromatic carbocycles. The molecule has 31 heavy (non-hydrogen) atoms. The van der Waals surface area contributed by atoms with Crippen LogP contribution in [0.4, 0.5) is 0 Å². The smallest absolute Gasteiger partial charge is 0.317 e. The Morgan fingerprint density at radius 2 is 1.58 bits per heavy atom. The number of nitrogens with zero attached hydrogens (tertiary/aromatic N) is 3. The summed E-state index contributed by atoms with van der Waals surface area (Å²) in [6, 6.07) is 16.2. The van der Waals surface area contributed by atoms with E-state index in [9.17, 15) is 14.4 Å². The number of aromatic nitrogens is 3. The van der Waals surface area contributed by atoms with Crippen LogP contribution in [-0.4, -0.2) is 19.5 Å². The monoisotopic (exact) mass is 435 g/mol. The summed E-state index contributed by atoms with van der Waals surface area (Å²) in [6.07, 6.45) is 0. The molecule has 6 nitrogen and oxygen atoms in total. The lowest BCUT2D eigenvalue weighted by Crippen LogP contribution is -2.42. The molecule has 4 aromatic rings. The number of fused-ring (bicyclic) bond motifs is 1. The van der Waals surface area contributed by atoms with Crippen LogP contribution in [0.1, 0.15) is 27.3 Å². The SMILES string of the molecule is Cc1cc(C(=O)Cn2c(=O)c(=O)n(Cc3ccccc3)c3ccc(Cl)cc32)c(C)n1C. The molecule has 0 aliphatic heterocycles. The fourth-order valence-corrected chi connectivity index (χ4v) is 4.00.